The Balaban J connectivity index is 2.24. The van der Waals surface area contributed by atoms with Crippen LogP contribution in [0.1, 0.15) is 25.5 Å². The van der Waals surface area contributed by atoms with Gasteiger partial charge in [0, 0.05) is 13.0 Å². The van der Waals surface area contributed by atoms with Crippen molar-refractivity contribution < 1.29 is 9.53 Å². The summed E-state index contributed by atoms with van der Waals surface area (Å²) in [7, 11) is 1.92. The molecule has 0 aromatic heterocycles. The summed E-state index contributed by atoms with van der Waals surface area (Å²) in [6.07, 6.45) is 0. The molecule has 0 spiro atoms. The Bertz CT molecular complexity index is 626. The van der Waals surface area contributed by atoms with Crippen molar-refractivity contribution >= 4 is 11.6 Å². The standard InChI is InChI=1S/C17H20N2O2/c1-12(18-3)14-7-6-8-15(11-14)21-17-10-5-4-9-16(17)19-13(2)20/h4-12,18H,1-3H3,(H,19,20). The van der Waals surface area contributed by atoms with Crippen molar-refractivity contribution in [2.24, 2.45) is 0 Å². The largest absolute Gasteiger partial charge is 0.455 e. The van der Waals surface area contributed by atoms with Crippen LogP contribution in [0.15, 0.2) is 48.5 Å². The molecule has 0 saturated carbocycles. The van der Waals surface area contributed by atoms with E-state index in [1.54, 1.807) is 0 Å². The molecule has 0 radical (unpaired) electrons. The molecule has 1 atom stereocenters. The van der Waals surface area contributed by atoms with E-state index in [1.807, 2.05) is 55.6 Å². The molecule has 2 aromatic rings. The van der Waals surface area contributed by atoms with Crippen LogP contribution in [0.3, 0.4) is 0 Å². The number of rotatable bonds is 5. The summed E-state index contributed by atoms with van der Waals surface area (Å²) in [4.78, 5) is 11.2. The van der Waals surface area contributed by atoms with E-state index in [0.29, 0.717) is 11.4 Å². The Morgan fingerprint density at radius 1 is 1.14 bits per heavy atom. The van der Waals surface area contributed by atoms with Gasteiger partial charge >= 0.3 is 0 Å². The van der Waals surface area contributed by atoms with Crippen LogP contribution >= 0.6 is 0 Å². The van der Waals surface area contributed by atoms with Gasteiger partial charge in [0.1, 0.15) is 5.75 Å². The van der Waals surface area contributed by atoms with Crippen LogP contribution < -0.4 is 15.4 Å². The van der Waals surface area contributed by atoms with Crippen molar-refractivity contribution in [3.63, 3.8) is 0 Å². The van der Waals surface area contributed by atoms with E-state index in [9.17, 15) is 4.79 Å². The maximum atomic E-state index is 11.2. The quantitative estimate of drug-likeness (QED) is 0.880. The van der Waals surface area contributed by atoms with Gasteiger partial charge in [0.25, 0.3) is 0 Å². The van der Waals surface area contributed by atoms with Gasteiger partial charge in [-0.15, -0.1) is 0 Å². The molecule has 0 heterocycles. The Labute approximate surface area is 125 Å². The van der Waals surface area contributed by atoms with Crippen LogP contribution in [-0.2, 0) is 4.79 Å². The number of nitrogens with one attached hydrogen (secondary N) is 2. The van der Waals surface area contributed by atoms with Gasteiger partial charge in [-0.25, -0.2) is 0 Å². The molecule has 0 aliphatic carbocycles. The van der Waals surface area contributed by atoms with E-state index < -0.39 is 0 Å². The lowest BCUT2D eigenvalue weighted by Crippen LogP contribution is -2.12. The number of amides is 1. The highest BCUT2D eigenvalue weighted by Gasteiger charge is 2.08. The second-order valence-corrected chi connectivity index (χ2v) is 4.86. The normalized spacial score (nSPS) is 11.8. The maximum Gasteiger partial charge on any atom is 0.221 e. The molecular weight excluding hydrogens is 264 g/mol. The minimum atomic E-state index is -0.122. The number of anilines is 1. The molecular formula is C17H20N2O2. The molecule has 110 valence electrons. The van der Waals surface area contributed by atoms with Gasteiger partial charge in [-0.3, -0.25) is 4.79 Å². The molecule has 0 aliphatic heterocycles. The number of hydrogen-bond acceptors (Lipinski definition) is 3. The highest BCUT2D eigenvalue weighted by molar-refractivity contribution is 5.90. The predicted molar refractivity (Wildman–Crippen MR) is 84.7 cm³/mol. The molecule has 4 heteroatoms. The third-order valence-electron chi connectivity index (χ3n) is 3.22. The summed E-state index contributed by atoms with van der Waals surface area (Å²) in [6, 6.07) is 15.5. The zero-order valence-electron chi connectivity index (χ0n) is 12.5. The van der Waals surface area contributed by atoms with E-state index >= 15 is 0 Å². The number of benzene rings is 2. The van der Waals surface area contributed by atoms with Gasteiger partial charge in [0.05, 0.1) is 5.69 Å². The summed E-state index contributed by atoms with van der Waals surface area (Å²) in [5.41, 5.74) is 1.81. The minimum absolute atomic E-state index is 0.122. The van der Waals surface area contributed by atoms with Crippen molar-refractivity contribution in [2.75, 3.05) is 12.4 Å². The highest BCUT2D eigenvalue weighted by atomic mass is 16.5. The zero-order valence-corrected chi connectivity index (χ0v) is 12.5. The molecule has 0 bridgehead atoms. The number of carbonyl (C=O) groups is 1. The van der Waals surface area contributed by atoms with Crippen LogP contribution in [0.25, 0.3) is 0 Å². The monoisotopic (exact) mass is 284 g/mol. The molecule has 0 saturated heterocycles. The third-order valence-corrected chi connectivity index (χ3v) is 3.22. The van der Waals surface area contributed by atoms with Crippen molar-refractivity contribution in [1.82, 2.24) is 5.32 Å². The molecule has 2 rings (SSSR count). The fourth-order valence-corrected chi connectivity index (χ4v) is 1.99. The van der Waals surface area contributed by atoms with E-state index in [-0.39, 0.29) is 11.9 Å². The van der Waals surface area contributed by atoms with Crippen molar-refractivity contribution in [1.29, 1.82) is 0 Å². The molecule has 0 fully saturated rings. The lowest BCUT2D eigenvalue weighted by Gasteiger charge is -2.14. The van der Waals surface area contributed by atoms with E-state index in [0.717, 1.165) is 11.3 Å². The van der Waals surface area contributed by atoms with Crippen molar-refractivity contribution in [3.05, 3.63) is 54.1 Å². The average molecular weight is 284 g/mol. The van der Waals surface area contributed by atoms with Crippen LogP contribution in [0, 0.1) is 0 Å². The van der Waals surface area contributed by atoms with Gasteiger partial charge in [-0.1, -0.05) is 24.3 Å². The number of carbonyl (C=O) groups excluding carboxylic acids is 1. The molecule has 0 aliphatic rings. The maximum absolute atomic E-state index is 11.2. The van der Waals surface area contributed by atoms with E-state index in [1.165, 1.54) is 6.92 Å². The van der Waals surface area contributed by atoms with Gasteiger partial charge < -0.3 is 15.4 Å². The minimum Gasteiger partial charge on any atom is -0.455 e. The third kappa shape index (κ3) is 4.07. The Kier molecular flexibility index (Phi) is 4.95. The average Bonchev–Trinajstić information content (AvgIpc) is 2.48. The van der Waals surface area contributed by atoms with Crippen LogP contribution in [0.4, 0.5) is 5.69 Å². The van der Waals surface area contributed by atoms with Crippen LogP contribution in [0.5, 0.6) is 11.5 Å². The Hall–Kier alpha value is -2.33. The second-order valence-electron chi connectivity index (χ2n) is 4.86. The first-order valence-electron chi connectivity index (χ1n) is 6.92. The fraction of sp³-hybridized carbons (Fsp3) is 0.235. The second kappa shape index (κ2) is 6.90. The number of hydrogen-bond donors (Lipinski definition) is 2. The van der Waals surface area contributed by atoms with E-state index in [2.05, 4.69) is 17.6 Å². The Morgan fingerprint density at radius 2 is 1.90 bits per heavy atom. The molecule has 2 aromatic carbocycles. The molecule has 1 amide bonds. The lowest BCUT2D eigenvalue weighted by atomic mass is 10.1. The van der Waals surface area contributed by atoms with Gasteiger partial charge in [0.2, 0.25) is 5.91 Å². The summed E-state index contributed by atoms with van der Waals surface area (Å²) >= 11 is 0. The number of ether oxygens (including phenoxy) is 1. The molecule has 4 nitrogen and oxygen atoms in total. The summed E-state index contributed by atoms with van der Waals surface area (Å²) in [5, 5.41) is 5.96. The smallest absolute Gasteiger partial charge is 0.221 e. The van der Waals surface area contributed by atoms with Gasteiger partial charge in [-0.2, -0.15) is 0 Å². The first-order valence-corrected chi connectivity index (χ1v) is 6.92. The summed E-state index contributed by atoms with van der Waals surface area (Å²) in [6.45, 7) is 3.57. The first-order chi connectivity index (χ1) is 10.1. The zero-order chi connectivity index (χ0) is 15.2. The lowest BCUT2D eigenvalue weighted by molar-refractivity contribution is -0.114. The topological polar surface area (TPSA) is 50.4 Å². The molecule has 21 heavy (non-hydrogen) atoms. The first kappa shape index (κ1) is 15.1. The van der Waals surface area contributed by atoms with Crippen molar-refractivity contribution in [2.45, 2.75) is 19.9 Å². The summed E-state index contributed by atoms with van der Waals surface area (Å²) in [5.74, 6) is 1.25. The highest BCUT2D eigenvalue weighted by Crippen LogP contribution is 2.30. The van der Waals surface area contributed by atoms with Crippen LogP contribution in [0.2, 0.25) is 0 Å². The SMILES string of the molecule is CNC(C)c1cccc(Oc2ccccc2NC(C)=O)c1. The van der Waals surface area contributed by atoms with Crippen LogP contribution in [-0.4, -0.2) is 13.0 Å². The molecule has 2 N–H and O–H groups in total. The van der Waals surface area contributed by atoms with Gasteiger partial charge in [-0.05, 0) is 43.8 Å². The fourth-order valence-electron chi connectivity index (χ4n) is 1.99. The van der Waals surface area contributed by atoms with Gasteiger partial charge in [0.15, 0.2) is 5.75 Å². The van der Waals surface area contributed by atoms with E-state index in [4.69, 9.17) is 4.74 Å². The number of para-hydroxylation sites is 2. The molecule has 1 unspecified atom stereocenters. The van der Waals surface area contributed by atoms with Crippen molar-refractivity contribution in [3.8, 4) is 11.5 Å². The Morgan fingerprint density at radius 3 is 2.62 bits per heavy atom. The predicted octanol–water partition coefficient (Wildman–Crippen LogP) is 3.72. The summed E-state index contributed by atoms with van der Waals surface area (Å²) < 4.78 is 5.90.